The second kappa shape index (κ2) is 20.0. The van der Waals surface area contributed by atoms with E-state index in [1.807, 2.05) is 0 Å². The van der Waals surface area contributed by atoms with Gasteiger partial charge in [0.05, 0.1) is 11.4 Å². The summed E-state index contributed by atoms with van der Waals surface area (Å²) in [7, 11) is 0. The first-order chi connectivity index (χ1) is 43.2. The summed E-state index contributed by atoms with van der Waals surface area (Å²) in [5, 5.41) is 0. The van der Waals surface area contributed by atoms with Crippen LogP contribution >= 0.6 is 0 Å². The normalized spacial score (nSPS) is 14.3. The number of rotatable bonds is 9. The Kier molecular flexibility index (Phi) is 11.4. The number of fused-ring (bicyclic) bond motifs is 10. The van der Waals surface area contributed by atoms with Gasteiger partial charge in [0, 0.05) is 104 Å². The van der Waals surface area contributed by atoms with E-state index in [0.29, 0.717) is 0 Å². The van der Waals surface area contributed by atoms with Gasteiger partial charge in [-0.1, -0.05) is 158 Å². The molecule has 412 valence electrons. The van der Waals surface area contributed by atoms with E-state index in [1.54, 1.807) is 0 Å². The zero-order chi connectivity index (χ0) is 57.1. The van der Waals surface area contributed by atoms with Crippen LogP contribution in [0.5, 0.6) is 11.5 Å². The molecule has 18 rings (SSSR count). The maximum absolute atomic E-state index is 7.93. The minimum absolute atomic E-state index is 0.141. The molecule has 7 nitrogen and oxygen atoms in total. The fourth-order valence-corrected chi connectivity index (χ4v) is 15.5. The lowest BCUT2D eigenvalue weighted by Gasteiger charge is -2.48. The first kappa shape index (κ1) is 49.8. The largest absolute Gasteiger partial charge is 0.458 e. The summed E-state index contributed by atoms with van der Waals surface area (Å²) in [6.45, 7) is 1.81. The van der Waals surface area contributed by atoms with Gasteiger partial charge in [-0.15, -0.1) is 0 Å². The van der Waals surface area contributed by atoms with Crippen LogP contribution in [0.3, 0.4) is 0 Å². The molecule has 0 saturated carbocycles. The molecule has 9 heteroatoms. The van der Waals surface area contributed by atoms with E-state index in [4.69, 9.17) is 4.74 Å². The number of benzene rings is 12. The summed E-state index contributed by atoms with van der Waals surface area (Å²) >= 11 is 0. The molecule has 12 aromatic rings. The number of anilines is 16. The summed E-state index contributed by atoms with van der Waals surface area (Å²) < 4.78 is 7.93. The van der Waals surface area contributed by atoms with Crippen LogP contribution < -0.4 is 66.9 Å². The van der Waals surface area contributed by atoms with Crippen LogP contribution in [-0.2, 0) is 12.8 Å². The smallest absolute Gasteiger partial charge is 0.256 e. The van der Waals surface area contributed by atoms with Gasteiger partial charge < -0.3 is 34.1 Å². The Bertz CT molecular complexity index is 4570. The molecule has 6 heterocycles. The van der Waals surface area contributed by atoms with E-state index < -0.39 is 0 Å². The predicted molar refractivity (Wildman–Crippen MR) is 365 cm³/mol. The molecule has 6 aliphatic heterocycles. The van der Waals surface area contributed by atoms with Crippen LogP contribution in [0.25, 0.3) is 0 Å². The second-order valence-electron chi connectivity index (χ2n) is 23.7. The molecule has 0 unspecified atom stereocenters. The van der Waals surface area contributed by atoms with Crippen molar-refractivity contribution >= 4 is 137 Å². The average molecular weight is 1120 g/mol. The van der Waals surface area contributed by atoms with E-state index in [9.17, 15) is 0 Å². The molecule has 6 aliphatic rings. The Hall–Kier alpha value is -10.6. The predicted octanol–water partition coefficient (Wildman–Crippen LogP) is 15.8. The molecule has 0 bridgehead atoms. The average Bonchev–Trinajstić information content (AvgIpc) is 0.790. The molecule has 87 heavy (non-hydrogen) atoms. The Morgan fingerprint density at radius 1 is 0.310 bits per heavy atom. The first-order valence-electron chi connectivity index (χ1n) is 30.8. The van der Waals surface area contributed by atoms with Crippen LogP contribution in [0.15, 0.2) is 279 Å². The summed E-state index contributed by atoms with van der Waals surface area (Å²) in [4.78, 5) is 15.2. The standard InChI is InChI=1S/C78H58B2N6O/c1-8-26-53(27-9-1)82(54-28-10-2-11-29-54)60-44-45-65-69(48-60)86(59-38-20-7-21-39-59)77-62-40-24-46-81-47-25-41-63(76(62)81)78-75(77)80(65)67-51-66-70(52-73(67)87-78)85(58-36-18-6-19-37-58)72-50-61(83(55-30-12-3-13-31-55)56-32-14-4-15-33-56)49-71-74(72)79(66)64-42-22-23-43-68(64)84(71)57-34-16-5-17-35-57/h1-23,26-39,42-45,48-52H,24-25,40-41,46-47H2. The quantitative estimate of drug-likeness (QED) is 0.133. The molecule has 0 radical (unpaired) electrons. The maximum atomic E-state index is 7.93. The Balaban J connectivity index is 0.932. The minimum Gasteiger partial charge on any atom is -0.458 e. The molecule has 0 saturated heterocycles. The molecule has 0 aromatic heterocycles. The van der Waals surface area contributed by atoms with E-state index in [1.165, 1.54) is 66.7 Å². The number of hydrogen-bond acceptors (Lipinski definition) is 7. The highest BCUT2D eigenvalue weighted by Crippen LogP contribution is 2.54. The lowest BCUT2D eigenvalue weighted by atomic mass is 9.30. The van der Waals surface area contributed by atoms with Gasteiger partial charge in [-0.25, -0.2) is 0 Å². The molecule has 0 atom stereocenters. The van der Waals surface area contributed by atoms with Gasteiger partial charge in [0.2, 0.25) is 0 Å². The number of ether oxygens (including phenoxy) is 1. The van der Waals surface area contributed by atoms with E-state index in [0.717, 1.165) is 119 Å². The lowest BCUT2D eigenvalue weighted by molar-refractivity contribution is 0.476. The lowest BCUT2D eigenvalue weighted by Crippen LogP contribution is -2.64. The summed E-state index contributed by atoms with van der Waals surface area (Å²) in [6.07, 6.45) is 4.17. The van der Waals surface area contributed by atoms with Crippen molar-refractivity contribution in [3.63, 3.8) is 0 Å². The van der Waals surface area contributed by atoms with E-state index in [-0.39, 0.29) is 13.4 Å². The second-order valence-corrected chi connectivity index (χ2v) is 23.7. The Morgan fingerprint density at radius 2 is 0.747 bits per heavy atom. The molecule has 0 N–H and O–H groups in total. The highest BCUT2D eigenvalue weighted by atomic mass is 16.5. The van der Waals surface area contributed by atoms with Crippen molar-refractivity contribution < 1.29 is 4.74 Å². The summed E-state index contributed by atoms with van der Waals surface area (Å²) in [5.74, 6) is 1.94. The molecular formula is C78H58B2N6O. The fraction of sp³-hybridized carbons (Fsp3) is 0.0769. The van der Waals surface area contributed by atoms with Crippen LogP contribution in [0.4, 0.5) is 91.0 Å². The third kappa shape index (κ3) is 7.71. The van der Waals surface area contributed by atoms with Gasteiger partial charge in [-0.2, -0.15) is 0 Å². The Morgan fingerprint density at radius 3 is 1.31 bits per heavy atom. The fourth-order valence-electron chi connectivity index (χ4n) is 15.5. The van der Waals surface area contributed by atoms with Crippen molar-refractivity contribution in [1.29, 1.82) is 0 Å². The number of nitrogens with zero attached hydrogens (tertiary/aromatic N) is 6. The van der Waals surface area contributed by atoms with Crippen molar-refractivity contribution in [3.05, 3.63) is 290 Å². The zero-order valence-corrected chi connectivity index (χ0v) is 48.0. The molecule has 12 aromatic carbocycles. The van der Waals surface area contributed by atoms with Crippen molar-refractivity contribution in [2.45, 2.75) is 25.7 Å². The van der Waals surface area contributed by atoms with Gasteiger partial charge in [0.15, 0.2) is 0 Å². The van der Waals surface area contributed by atoms with Gasteiger partial charge in [-0.3, -0.25) is 0 Å². The first-order valence-corrected chi connectivity index (χ1v) is 30.8. The summed E-state index contributed by atoms with van der Waals surface area (Å²) in [5.41, 5.74) is 28.6. The van der Waals surface area contributed by atoms with Crippen molar-refractivity contribution in [2.24, 2.45) is 0 Å². The van der Waals surface area contributed by atoms with Crippen LogP contribution in [0, 0.1) is 0 Å². The maximum Gasteiger partial charge on any atom is 0.256 e. The van der Waals surface area contributed by atoms with Gasteiger partial charge in [0.25, 0.3) is 13.4 Å². The molecule has 0 spiro atoms. The minimum atomic E-state index is -0.146. The molecule has 0 fully saturated rings. The Labute approximate surface area is 509 Å². The third-order valence-corrected chi connectivity index (χ3v) is 19.0. The van der Waals surface area contributed by atoms with Crippen molar-refractivity contribution in [1.82, 2.24) is 0 Å². The van der Waals surface area contributed by atoms with Crippen LogP contribution in [0.2, 0.25) is 0 Å². The monoisotopic (exact) mass is 1120 g/mol. The zero-order valence-electron chi connectivity index (χ0n) is 48.0. The van der Waals surface area contributed by atoms with Crippen molar-refractivity contribution in [2.75, 3.05) is 42.5 Å². The molecule has 0 amide bonds. The number of hydrogen-bond donors (Lipinski definition) is 0. The molecule has 0 aliphatic carbocycles. The SMILES string of the molecule is c1ccc(N(c2ccccc2)c2ccc3c(c2)N(c2ccccc2)c2c4c5c(c6c2B3c2cc3c(cc2O6)N(c2ccccc2)c2cc(N(c6ccccc6)c6ccccc6)cc6c2B3c2ccccc2N6c2ccccc2)CCCN5CCC4)cc1. The van der Waals surface area contributed by atoms with Crippen molar-refractivity contribution in [3.8, 4) is 11.5 Å². The number of para-hydroxylation sites is 8. The van der Waals surface area contributed by atoms with Crippen LogP contribution in [0.1, 0.15) is 24.0 Å². The highest BCUT2D eigenvalue weighted by Gasteiger charge is 2.50. The van der Waals surface area contributed by atoms with Gasteiger partial charge in [0.1, 0.15) is 11.5 Å². The van der Waals surface area contributed by atoms with Gasteiger partial charge in [-0.05, 0) is 179 Å². The van der Waals surface area contributed by atoms with E-state index >= 15 is 0 Å². The third-order valence-electron chi connectivity index (χ3n) is 19.0. The van der Waals surface area contributed by atoms with Gasteiger partial charge >= 0.3 is 0 Å². The van der Waals surface area contributed by atoms with Crippen LogP contribution in [-0.4, -0.2) is 26.5 Å². The topological polar surface area (TPSA) is 28.7 Å². The summed E-state index contributed by atoms with van der Waals surface area (Å²) in [6, 6.07) is 103. The molecular weight excluding hydrogens is 1060 g/mol. The highest BCUT2D eigenvalue weighted by molar-refractivity contribution is 7.02. The van der Waals surface area contributed by atoms with E-state index in [2.05, 4.69) is 308 Å².